The predicted octanol–water partition coefficient (Wildman–Crippen LogP) is 4.11. The maximum absolute atomic E-state index is 11.6. The molecule has 0 saturated heterocycles. The van der Waals surface area contributed by atoms with Crippen molar-refractivity contribution in [2.45, 2.75) is 52.9 Å². The van der Waals surface area contributed by atoms with E-state index in [4.69, 9.17) is 14.6 Å². The molecule has 0 fully saturated rings. The van der Waals surface area contributed by atoms with Gasteiger partial charge >= 0.3 is 5.97 Å². The van der Waals surface area contributed by atoms with Gasteiger partial charge in [-0.3, -0.25) is 4.90 Å². The number of carbonyl (C=O) groups is 1. The van der Waals surface area contributed by atoms with Gasteiger partial charge in [0.25, 0.3) is 0 Å². The fourth-order valence-corrected chi connectivity index (χ4v) is 3.85. The van der Waals surface area contributed by atoms with Crippen LogP contribution >= 0.6 is 0 Å². The standard InChI is InChI=1S/C27H36N4O4/c1-19-14-22(16-20(2)25(15-19)35-27(4,5)26(32)33)17-30(12-13-34-6)18-24-21(3)28-31(29-24)23-10-8-7-9-11-23/h7-11,14-16,25H,12-13,17-18H2,1-6H3,(H,32,33). The van der Waals surface area contributed by atoms with Crippen LogP contribution in [0.3, 0.4) is 0 Å². The van der Waals surface area contributed by atoms with Crippen LogP contribution < -0.4 is 0 Å². The van der Waals surface area contributed by atoms with E-state index in [1.165, 1.54) is 0 Å². The molecule has 8 heteroatoms. The van der Waals surface area contributed by atoms with E-state index in [0.717, 1.165) is 40.3 Å². The SMILES string of the molecule is COCCN(CC1=CC(C)=CC(OC(C)(C)C(=O)O)C(C)=C1)Cc1nn(-c2ccccc2)nc1C. The van der Waals surface area contributed by atoms with Gasteiger partial charge in [-0.05, 0) is 64.0 Å². The van der Waals surface area contributed by atoms with Gasteiger partial charge in [0.1, 0.15) is 5.69 Å². The summed E-state index contributed by atoms with van der Waals surface area (Å²) in [5.41, 5.74) is 4.53. The summed E-state index contributed by atoms with van der Waals surface area (Å²) in [4.78, 5) is 15.5. The molecule has 1 unspecified atom stereocenters. The van der Waals surface area contributed by atoms with Crippen molar-refractivity contribution in [1.82, 2.24) is 19.9 Å². The first kappa shape index (κ1) is 26.5. The van der Waals surface area contributed by atoms with E-state index in [1.807, 2.05) is 57.2 Å². The summed E-state index contributed by atoms with van der Waals surface area (Å²) >= 11 is 0. The van der Waals surface area contributed by atoms with E-state index >= 15 is 0 Å². The number of nitrogens with zero attached hydrogens (tertiary/aromatic N) is 4. The Hall–Kier alpha value is -3.07. The first-order valence-electron chi connectivity index (χ1n) is 11.8. The first-order valence-corrected chi connectivity index (χ1v) is 11.8. The molecule has 188 valence electrons. The summed E-state index contributed by atoms with van der Waals surface area (Å²) in [5.74, 6) is -0.988. The third-order valence-corrected chi connectivity index (χ3v) is 5.88. The van der Waals surface area contributed by atoms with Gasteiger partial charge in [0.05, 0.1) is 24.1 Å². The number of para-hydroxylation sites is 1. The molecule has 0 spiro atoms. The third kappa shape index (κ3) is 7.21. The van der Waals surface area contributed by atoms with Crippen molar-refractivity contribution in [3.05, 3.63) is 76.7 Å². The lowest BCUT2D eigenvalue weighted by Gasteiger charge is -2.26. The molecule has 1 atom stereocenters. The van der Waals surface area contributed by atoms with Crippen molar-refractivity contribution in [3.8, 4) is 5.69 Å². The number of carboxylic acids is 1. The Morgan fingerprint density at radius 3 is 2.49 bits per heavy atom. The number of benzene rings is 1. The molecule has 0 aliphatic heterocycles. The molecule has 2 aromatic rings. The molecule has 0 radical (unpaired) electrons. The number of aryl methyl sites for hydroxylation is 1. The Morgan fingerprint density at radius 1 is 1.11 bits per heavy atom. The Morgan fingerprint density at radius 2 is 1.83 bits per heavy atom. The van der Waals surface area contributed by atoms with E-state index in [1.54, 1.807) is 25.8 Å². The van der Waals surface area contributed by atoms with E-state index in [0.29, 0.717) is 19.7 Å². The summed E-state index contributed by atoms with van der Waals surface area (Å²) in [6.45, 7) is 11.7. The van der Waals surface area contributed by atoms with E-state index < -0.39 is 17.7 Å². The maximum Gasteiger partial charge on any atom is 0.335 e. The van der Waals surface area contributed by atoms with Gasteiger partial charge in [-0.25, -0.2) is 4.79 Å². The molecule has 35 heavy (non-hydrogen) atoms. The molecule has 0 amide bonds. The number of methoxy groups -OCH3 is 1. The van der Waals surface area contributed by atoms with Gasteiger partial charge < -0.3 is 14.6 Å². The van der Waals surface area contributed by atoms with Gasteiger partial charge in [0.15, 0.2) is 5.60 Å². The fourth-order valence-electron chi connectivity index (χ4n) is 3.85. The summed E-state index contributed by atoms with van der Waals surface area (Å²) in [6.07, 6.45) is 5.77. The highest BCUT2D eigenvalue weighted by Crippen LogP contribution is 2.25. The first-order chi connectivity index (χ1) is 16.6. The fraction of sp³-hybridized carbons (Fsp3) is 0.444. The van der Waals surface area contributed by atoms with Crippen LogP contribution in [0.1, 0.15) is 39.1 Å². The zero-order chi connectivity index (χ0) is 25.6. The van der Waals surface area contributed by atoms with Gasteiger partial charge in [0.2, 0.25) is 0 Å². The Kier molecular flexibility index (Phi) is 8.77. The number of aliphatic carboxylic acids is 1. The average Bonchev–Trinajstić information content (AvgIpc) is 3.10. The van der Waals surface area contributed by atoms with E-state index in [-0.39, 0.29) is 0 Å². The van der Waals surface area contributed by atoms with Crippen LogP contribution in [0, 0.1) is 6.92 Å². The minimum atomic E-state index is -1.28. The Balaban J connectivity index is 1.79. The topological polar surface area (TPSA) is 89.7 Å². The van der Waals surface area contributed by atoms with Crippen molar-refractivity contribution in [2.24, 2.45) is 0 Å². The molecule has 1 N–H and O–H groups in total. The highest BCUT2D eigenvalue weighted by molar-refractivity contribution is 5.76. The highest BCUT2D eigenvalue weighted by atomic mass is 16.5. The lowest BCUT2D eigenvalue weighted by atomic mass is 10.1. The van der Waals surface area contributed by atoms with Crippen molar-refractivity contribution in [2.75, 3.05) is 26.8 Å². The van der Waals surface area contributed by atoms with Crippen LogP contribution in [0.2, 0.25) is 0 Å². The van der Waals surface area contributed by atoms with Crippen LogP contribution in [0.5, 0.6) is 0 Å². The number of carboxylic acid groups (broad SMARTS) is 1. The van der Waals surface area contributed by atoms with E-state index in [9.17, 15) is 9.90 Å². The second kappa shape index (κ2) is 11.6. The minimum absolute atomic E-state index is 0.407. The Bertz CT molecular complexity index is 1120. The number of aromatic nitrogens is 3. The third-order valence-electron chi connectivity index (χ3n) is 5.88. The van der Waals surface area contributed by atoms with Crippen LogP contribution in [0.4, 0.5) is 0 Å². The molecule has 1 heterocycles. The highest BCUT2D eigenvalue weighted by Gasteiger charge is 2.32. The van der Waals surface area contributed by atoms with Crippen molar-refractivity contribution < 1.29 is 19.4 Å². The summed E-state index contributed by atoms with van der Waals surface area (Å²) in [7, 11) is 1.70. The normalized spacial score (nSPS) is 16.5. The average molecular weight is 481 g/mol. The zero-order valence-electron chi connectivity index (χ0n) is 21.5. The number of hydrogen-bond donors (Lipinski definition) is 1. The van der Waals surface area contributed by atoms with Crippen LogP contribution in [0.15, 0.2) is 65.3 Å². The largest absolute Gasteiger partial charge is 0.479 e. The van der Waals surface area contributed by atoms with Gasteiger partial charge in [-0.15, -0.1) is 0 Å². The van der Waals surface area contributed by atoms with Gasteiger partial charge in [-0.2, -0.15) is 15.0 Å². The lowest BCUT2D eigenvalue weighted by molar-refractivity contribution is -0.163. The smallest absolute Gasteiger partial charge is 0.335 e. The molecular weight excluding hydrogens is 444 g/mol. The molecule has 1 aromatic carbocycles. The van der Waals surface area contributed by atoms with Crippen LogP contribution in [-0.2, 0) is 20.8 Å². The number of allylic oxidation sites excluding steroid dienone is 2. The summed E-state index contributed by atoms with van der Waals surface area (Å²) in [5, 5.41) is 18.8. The second-order valence-electron chi connectivity index (χ2n) is 9.43. The molecule has 1 aromatic heterocycles. The molecule has 1 aliphatic carbocycles. The zero-order valence-corrected chi connectivity index (χ0v) is 21.5. The van der Waals surface area contributed by atoms with Crippen molar-refractivity contribution in [1.29, 1.82) is 0 Å². The van der Waals surface area contributed by atoms with Gasteiger partial charge in [-0.1, -0.05) is 35.9 Å². The Labute approximate surface area is 207 Å². The van der Waals surface area contributed by atoms with Crippen molar-refractivity contribution >= 4 is 5.97 Å². The summed E-state index contributed by atoms with van der Waals surface area (Å²) in [6, 6.07) is 9.87. The molecule has 8 nitrogen and oxygen atoms in total. The van der Waals surface area contributed by atoms with Gasteiger partial charge in [0, 0.05) is 26.7 Å². The minimum Gasteiger partial charge on any atom is -0.479 e. The molecule has 3 rings (SSSR count). The summed E-state index contributed by atoms with van der Waals surface area (Å²) < 4.78 is 11.3. The number of hydrogen-bond acceptors (Lipinski definition) is 6. The second-order valence-corrected chi connectivity index (χ2v) is 9.43. The van der Waals surface area contributed by atoms with Crippen LogP contribution in [0.25, 0.3) is 5.69 Å². The number of rotatable bonds is 11. The quantitative estimate of drug-likeness (QED) is 0.518. The molecular formula is C27H36N4O4. The van der Waals surface area contributed by atoms with Crippen molar-refractivity contribution in [3.63, 3.8) is 0 Å². The molecule has 0 bridgehead atoms. The van der Waals surface area contributed by atoms with Crippen LogP contribution in [-0.4, -0.2) is 69.5 Å². The molecule has 0 saturated carbocycles. The predicted molar refractivity (Wildman–Crippen MR) is 135 cm³/mol. The number of ether oxygens (including phenoxy) is 2. The van der Waals surface area contributed by atoms with E-state index in [2.05, 4.69) is 22.2 Å². The maximum atomic E-state index is 11.6. The monoisotopic (exact) mass is 480 g/mol. The lowest BCUT2D eigenvalue weighted by Crippen LogP contribution is -2.38. The molecule has 1 aliphatic rings.